The Kier molecular flexibility index (Phi) is 0.884. The summed E-state index contributed by atoms with van der Waals surface area (Å²) in [7, 11) is 0. The zero-order valence-electron chi connectivity index (χ0n) is 5.35. The monoisotopic (exact) mass is 111 g/mol. The molecule has 0 amide bonds. The molecule has 1 aliphatic heterocycles. The molecular formula is C7H13N. The van der Waals surface area contributed by atoms with E-state index in [0.717, 1.165) is 17.9 Å². The quantitative estimate of drug-likeness (QED) is 0.492. The number of fused-ring (bicyclic) bond motifs is 1. The molecular weight excluding hydrogens is 98.1 g/mol. The van der Waals surface area contributed by atoms with Gasteiger partial charge in [0.15, 0.2) is 0 Å². The van der Waals surface area contributed by atoms with Gasteiger partial charge in [-0.15, -0.1) is 0 Å². The molecule has 8 heavy (non-hydrogen) atoms. The van der Waals surface area contributed by atoms with Gasteiger partial charge in [-0.1, -0.05) is 6.92 Å². The van der Waals surface area contributed by atoms with Gasteiger partial charge < -0.3 is 5.32 Å². The van der Waals surface area contributed by atoms with E-state index in [1.807, 2.05) is 0 Å². The summed E-state index contributed by atoms with van der Waals surface area (Å²) in [6, 6.07) is 0.920. The van der Waals surface area contributed by atoms with Crippen LogP contribution in [0, 0.1) is 11.8 Å². The Labute approximate surface area is 50.5 Å². The summed E-state index contributed by atoms with van der Waals surface area (Å²) in [5.74, 6) is 2.06. The third-order valence-corrected chi connectivity index (χ3v) is 2.66. The highest BCUT2D eigenvalue weighted by Crippen LogP contribution is 2.43. The van der Waals surface area contributed by atoms with E-state index < -0.39 is 0 Å². The number of piperidine rings is 1. The van der Waals surface area contributed by atoms with Crippen LogP contribution in [0.2, 0.25) is 0 Å². The van der Waals surface area contributed by atoms with Crippen LogP contribution in [-0.2, 0) is 0 Å². The van der Waals surface area contributed by atoms with Gasteiger partial charge in [0.2, 0.25) is 0 Å². The van der Waals surface area contributed by atoms with Crippen LogP contribution >= 0.6 is 0 Å². The average Bonchev–Trinajstić information content (AvgIpc) is 2.46. The largest absolute Gasteiger partial charge is 0.313 e. The van der Waals surface area contributed by atoms with Crippen molar-refractivity contribution >= 4 is 0 Å². The number of hydrogen-bond acceptors (Lipinski definition) is 1. The fourth-order valence-corrected chi connectivity index (χ4v) is 1.93. The second kappa shape index (κ2) is 1.47. The molecule has 1 aliphatic carbocycles. The first-order valence-corrected chi connectivity index (χ1v) is 3.63. The zero-order chi connectivity index (χ0) is 5.56. The van der Waals surface area contributed by atoms with Crippen molar-refractivity contribution in [3.63, 3.8) is 0 Å². The minimum Gasteiger partial charge on any atom is -0.313 e. The Bertz CT molecular complexity index is 88.6. The van der Waals surface area contributed by atoms with Crippen molar-refractivity contribution in [3.05, 3.63) is 0 Å². The molecule has 2 aliphatic rings. The molecule has 1 heterocycles. The molecule has 0 radical (unpaired) electrons. The SMILES string of the molecule is CC1C2CCCNC12. The van der Waals surface area contributed by atoms with Gasteiger partial charge in [0.25, 0.3) is 0 Å². The van der Waals surface area contributed by atoms with Gasteiger partial charge in [0.05, 0.1) is 0 Å². The Morgan fingerprint density at radius 3 is 2.88 bits per heavy atom. The highest BCUT2D eigenvalue weighted by atomic mass is 15.0. The highest BCUT2D eigenvalue weighted by Gasteiger charge is 2.47. The van der Waals surface area contributed by atoms with Gasteiger partial charge in [-0.3, -0.25) is 0 Å². The van der Waals surface area contributed by atoms with Gasteiger partial charge in [0, 0.05) is 6.04 Å². The summed E-state index contributed by atoms with van der Waals surface area (Å²) >= 11 is 0. The van der Waals surface area contributed by atoms with E-state index >= 15 is 0 Å². The van der Waals surface area contributed by atoms with Crippen molar-refractivity contribution in [2.45, 2.75) is 25.8 Å². The predicted octanol–water partition coefficient (Wildman–Crippen LogP) is 1.00. The van der Waals surface area contributed by atoms with Crippen LogP contribution in [0.5, 0.6) is 0 Å². The van der Waals surface area contributed by atoms with E-state index in [-0.39, 0.29) is 0 Å². The van der Waals surface area contributed by atoms with Crippen LogP contribution in [0.25, 0.3) is 0 Å². The Balaban J connectivity index is 1.97. The molecule has 0 aromatic rings. The van der Waals surface area contributed by atoms with Crippen molar-refractivity contribution < 1.29 is 0 Å². The highest BCUT2D eigenvalue weighted by molar-refractivity contribution is 5.02. The molecule has 2 fully saturated rings. The summed E-state index contributed by atoms with van der Waals surface area (Å²) < 4.78 is 0. The van der Waals surface area contributed by atoms with Gasteiger partial charge in [-0.25, -0.2) is 0 Å². The van der Waals surface area contributed by atoms with E-state index in [1.54, 1.807) is 0 Å². The molecule has 2 rings (SSSR count). The van der Waals surface area contributed by atoms with Crippen LogP contribution < -0.4 is 5.32 Å². The van der Waals surface area contributed by atoms with Crippen LogP contribution in [0.1, 0.15) is 19.8 Å². The lowest BCUT2D eigenvalue weighted by Crippen LogP contribution is -2.24. The molecule has 0 aromatic heterocycles. The normalized spacial score (nSPS) is 52.9. The smallest absolute Gasteiger partial charge is 0.0127 e. The predicted molar refractivity (Wildman–Crippen MR) is 33.7 cm³/mol. The molecule has 1 saturated heterocycles. The molecule has 1 nitrogen and oxygen atoms in total. The van der Waals surface area contributed by atoms with Crippen molar-refractivity contribution in [1.82, 2.24) is 5.32 Å². The molecule has 0 aromatic carbocycles. The molecule has 0 bridgehead atoms. The second-order valence-corrected chi connectivity index (χ2v) is 3.15. The Morgan fingerprint density at radius 1 is 1.50 bits per heavy atom. The Morgan fingerprint density at radius 2 is 2.38 bits per heavy atom. The van der Waals surface area contributed by atoms with E-state index in [4.69, 9.17) is 0 Å². The lowest BCUT2D eigenvalue weighted by molar-refractivity contribution is 0.505. The molecule has 1 saturated carbocycles. The Hall–Kier alpha value is -0.0400. The van der Waals surface area contributed by atoms with Crippen LogP contribution in [0.3, 0.4) is 0 Å². The maximum atomic E-state index is 3.51. The average molecular weight is 111 g/mol. The van der Waals surface area contributed by atoms with Crippen LogP contribution in [0.4, 0.5) is 0 Å². The van der Waals surface area contributed by atoms with Gasteiger partial charge in [-0.05, 0) is 31.2 Å². The summed E-state index contributed by atoms with van der Waals surface area (Å²) in [5, 5.41) is 3.51. The maximum Gasteiger partial charge on any atom is 0.0127 e. The van der Waals surface area contributed by atoms with Crippen molar-refractivity contribution in [3.8, 4) is 0 Å². The summed E-state index contributed by atoms with van der Waals surface area (Å²) in [6.45, 7) is 3.62. The topological polar surface area (TPSA) is 12.0 Å². The lowest BCUT2D eigenvalue weighted by Gasteiger charge is -2.08. The van der Waals surface area contributed by atoms with E-state index in [1.165, 1.54) is 19.4 Å². The standard InChI is InChI=1S/C7H13N/c1-5-6-3-2-4-8-7(5)6/h5-8H,2-4H2,1H3. The third kappa shape index (κ3) is 0.510. The number of nitrogens with one attached hydrogen (secondary N) is 1. The van der Waals surface area contributed by atoms with Gasteiger partial charge in [-0.2, -0.15) is 0 Å². The fraction of sp³-hybridized carbons (Fsp3) is 1.00. The molecule has 0 spiro atoms. The number of rotatable bonds is 0. The summed E-state index contributed by atoms with van der Waals surface area (Å²) in [4.78, 5) is 0. The van der Waals surface area contributed by atoms with Gasteiger partial charge in [0.1, 0.15) is 0 Å². The van der Waals surface area contributed by atoms with E-state index in [0.29, 0.717) is 0 Å². The van der Waals surface area contributed by atoms with Crippen molar-refractivity contribution in [2.75, 3.05) is 6.54 Å². The molecule has 1 heteroatoms. The summed E-state index contributed by atoms with van der Waals surface area (Å²) in [6.07, 6.45) is 2.89. The number of hydrogen-bond donors (Lipinski definition) is 1. The zero-order valence-corrected chi connectivity index (χ0v) is 5.35. The van der Waals surface area contributed by atoms with E-state index in [9.17, 15) is 0 Å². The first-order chi connectivity index (χ1) is 3.89. The third-order valence-electron chi connectivity index (χ3n) is 2.66. The maximum absolute atomic E-state index is 3.51. The first-order valence-electron chi connectivity index (χ1n) is 3.63. The van der Waals surface area contributed by atoms with Crippen molar-refractivity contribution in [1.29, 1.82) is 0 Å². The molecule has 46 valence electrons. The molecule has 3 unspecified atom stereocenters. The molecule has 3 atom stereocenters. The minimum atomic E-state index is 0.920. The molecule has 1 N–H and O–H groups in total. The minimum absolute atomic E-state index is 0.920. The van der Waals surface area contributed by atoms with E-state index in [2.05, 4.69) is 12.2 Å². The van der Waals surface area contributed by atoms with Crippen LogP contribution in [-0.4, -0.2) is 12.6 Å². The first kappa shape index (κ1) is 4.80. The lowest BCUT2D eigenvalue weighted by atomic mass is 10.1. The summed E-state index contributed by atoms with van der Waals surface area (Å²) in [5.41, 5.74) is 0. The van der Waals surface area contributed by atoms with Crippen LogP contribution in [0.15, 0.2) is 0 Å². The van der Waals surface area contributed by atoms with Gasteiger partial charge >= 0.3 is 0 Å². The fourth-order valence-electron chi connectivity index (χ4n) is 1.93. The second-order valence-electron chi connectivity index (χ2n) is 3.15. The van der Waals surface area contributed by atoms with Crippen molar-refractivity contribution in [2.24, 2.45) is 11.8 Å².